The number of carbonyl (C=O) groups is 1. The predicted octanol–water partition coefficient (Wildman–Crippen LogP) is 0.873. The molecule has 1 heterocycles. The first kappa shape index (κ1) is 9.71. The molecule has 1 amide bonds. The molecule has 0 radical (unpaired) electrons. The molecule has 0 atom stereocenters. The number of amides is 1. The third-order valence-corrected chi connectivity index (χ3v) is 1.95. The standard InChI is InChI=1S/C10H14N2O/c1-2-3-6-12-7-4-9(5-8-12)10(11)13/h4-5,7-8H,2-3,6H2,1H3,(H-,11,13)/p+1. The molecule has 70 valence electrons. The Morgan fingerprint density at radius 2 is 2.08 bits per heavy atom. The maximum Gasteiger partial charge on any atom is 0.249 e. The van der Waals surface area contributed by atoms with E-state index in [2.05, 4.69) is 11.5 Å². The van der Waals surface area contributed by atoms with E-state index in [0.29, 0.717) is 5.56 Å². The topological polar surface area (TPSA) is 47.0 Å². The summed E-state index contributed by atoms with van der Waals surface area (Å²) >= 11 is 0. The van der Waals surface area contributed by atoms with E-state index in [0.717, 1.165) is 13.0 Å². The Kier molecular flexibility index (Phi) is 3.43. The van der Waals surface area contributed by atoms with E-state index in [9.17, 15) is 4.79 Å². The van der Waals surface area contributed by atoms with Gasteiger partial charge in [0, 0.05) is 18.6 Å². The van der Waals surface area contributed by atoms with Crippen molar-refractivity contribution in [1.82, 2.24) is 0 Å². The Balaban J connectivity index is 2.64. The molecular weight excluding hydrogens is 164 g/mol. The summed E-state index contributed by atoms with van der Waals surface area (Å²) in [5.74, 6) is -0.373. The number of aryl methyl sites for hydroxylation is 1. The highest BCUT2D eigenvalue weighted by Gasteiger charge is 2.03. The molecule has 2 N–H and O–H groups in total. The third kappa shape index (κ3) is 2.86. The van der Waals surface area contributed by atoms with Gasteiger partial charge in [0.15, 0.2) is 12.4 Å². The number of pyridine rings is 1. The Morgan fingerprint density at radius 3 is 2.54 bits per heavy atom. The molecule has 1 rings (SSSR count). The average molecular weight is 179 g/mol. The normalized spacial score (nSPS) is 9.92. The second-order valence-corrected chi connectivity index (χ2v) is 3.04. The summed E-state index contributed by atoms with van der Waals surface area (Å²) in [5, 5.41) is 0. The molecule has 0 aliphatic carbocycles. The van der Waals surface area contributed by atoms with Crippen molar-refractivity contribution >= 4 is 5.91 Å². The van der Waals surface area contributed by atoms with Crippen LogP contribution >= 0.6 is 0 Å². The van der Waals surface area contributed by atoms with Crippen molar-refractivity contribution in [3.8, 4) is 0 Å². The molecule has 1 aromatic heterocycles. The van der Waals surface area contributed by atoms with E-state index in [-0.39, 0.29) is 5.91 Å². The number of rotatable bonds is 4. The summed E-state index contributed by atoms with van der Waals surface area (Å²) in [6, 6.07) is 3.50. The molecule has 0 aliphatic heterocycles. The Labute approximate surface area is 78.2 Å². The largest absolute Gasteiger partial charge is 0.366 e. The lowest BCUT2D eigenvalue weighted by Crippen LogP contribution is -2.33. The average Bonchev–Trinajstić information content (AvgIpc) is 2.15. The van der Waals surface area contributed by atoms with Crippen molar-refractivity contribution in [2.45, 2.75) is 26.3 Å². The number of aromatic nitrogens is 1. The fourth-order valence-corrected chi connectivity index (χ4v) is 1.11. The number of nitrogens with zero attached hydrogens (tertiary/aromatic N) is 1. The number of carbonyl (C=O) groups excluding carboxylic acids is 1. The number of hydrogen-bond donors (Lipinski definition) is 1. The van der Waals surface area contributed by atoms with E-state index in [4.69, 9.17) is 5.73 Å². The minimum atomic E-state index is -0.373. The molecule has 0 saturated carbocycles. The van der Waals surface area contributed by atoms with Gasteiger partial charge in [0.2, 0.25) is 5.91 Å². The molecule has 0 spiro atoms. The molecule has 1 aromatic rings. The molecule has 0 aromatic carbocycles. The van der Waals surface area contributed by atoms with Crippen LogP contribution in [0.4, 0.5) is 0 Å². The van der Waals surface area contributed by atoms with Gasteiger partial charge < -0.3 is 5.73 Å². The van der Waals surface area contributed by atoms with Gasteiger partial charge in [-0.05, 0) is 0 Å². The highest BCUT2D eigenvalue weighted by Crippen LogP contribution is 1.93. The van der Waals surface area contributed by atoms with Crippen LogP contribution in [0.25, 0.3) is 0 Å². The van der Waals surface area contributed by atoms with Crippen LogP contribution in [0.1, 0.15) is 30.1 Å². The lowest BCUT2D eigenvalue weighted by Gasteiger charge is -1.95. The number of unbranched alkanes of at least 4 members (excludes halogenated alkanes) is 1. The Hall–Kier alpha value is -1.38. The second-order valence-electron chi connectivity index (χ2n) is 3.04. The van der Waals surface area contributed by atoms with Crippen molar-refractivity contribution in [1.29, 1.82) is 0 Å². The summed E-state index contributed by atoms with van der Waals surface area (Å²) in [7, 11) is 0. The van der Waals surface area contributed by atoms with E-state index in [1.165, 1.54) is 6.42 Å². The summed E-state index contributed by atoms with van der Waals surface area (Å²) < 4.78 is 2.05. The van der Waals surface area contributed by atoms with Crippen molar-refractivity contribution < 1.29 is 9.36 Å². The molecule has 3 nitrogen and oxygen atoms in total. The number of hydrogen-bond acceptors (Lipinski definition) is 1. The van der Waals surface area contributed by atoms with Crippen LogP contribution in [0.15, 0.2) is 24.5 Å². The zero-order valence-corrected chi connectivity index (χ0v) is 7.86. The molecule has 13 heavy (non-hydrogen) atoms. The Bertz CT molecular complexity index is 279. The lowest BCUT2D eigenvalue weighted by atomic mass is 10.2. The van der Waals surface area contributed by atoms with Crippen LogP contribution in [0, 0.1) is 0 Å². The van der Waals surface area contributed by atoms with Crippen LogP contribution in [-0.4, -0.2) is 5.91 Å². The summed E-state index contributed by atoms with van der Waals surface area (Å²) in [6.45, 7) is 3.15. The Morgan fingerprint density at radius 1 is 1.46 bits per heavy atom. The van der Waals surface area contributed by atoms with Gasteiger partial charge in [0.1, 0.15) is 6.54 Å². The number of nitrogens with two attached hydrogens (primary N) is 1. The molecule has 0 bridgehead atoms. The molecule has 0 fully saturated rings. The molecule has 0 unspecified atom stereocenters. The van der Waals surface area contributed by atoms with Crippen LogP contribution in [0.5, 0.6) is 0 Å². The van der Waals surface area contributed by atoms with Gasteiger partial charge in [-0.1, -0.05) is 13.3 Å². The summed E-state index contributed by atoms with van der Waals surface area (Å²) in [4.78, 5) is 10.7. The SMILES string of the molecule is CCCC[n+]1ccc(C(N)=O)cc1. The van der Waals surface area contributed by atoms with Crippen LogP contribution in [0.2, 0.25) is 0 Å². The highest BCUT2D eigenvalue weighted by molar-refractivity contribution is 5.92. The first-order valence-electron chi connectivity index (χ1n) is 4.53. The quantitative estimate of drug-likeness (QED) is 0.685. The van der Waals surface area contributed by atoms with Crippen molar-refractivity contribution in [3.63, 3.8) is 0 Å². The van der Waals surface area contributed by atoms with Crippen molar-refractivity contribution in [3.05, 3.63) is 30.1 Å². The highest BCUT2D eigenvalue weighted by atomic mass is 16.1. The van der Waals surface area contributed by atoms with Gasteiger partial charge in [-0.3, -0.25) is 4.79 Å². The predicted molar refractivity (Wildman–Crippen MR) is 50.1 cm³/mol. The van der Waals surface area contributed by atoms with E-state index in [1.54, 1.807) is 12.1 Å². The fourth-order valence-electron chi connectivity index (χ4n) is 1.11. The lowest BCUT2D eigenvalue weighted by molar-refractivity contribution is -0.697. The van der Waals surface area contributed by atoms with Gasteiger partial charge in [-0.2, -0.15) is 0 Å². The molecule has 0 saturated heterocycles. The van der Waals surface area contributed by atoms with Gasteiger partial charge >= 0.3 is 0 Å². The molecule has 3 heteroatoms. The van der Waals surface area contributed by atoms with E-state index < -0.39 is 0 Å². The minimum Gasteiger partial charge on any atom is -0.366 e. The smallest absolute Gasteiger partial charge is 0.249 e. The number of primary amides is 1. The fraction of sp³-hybridized carbons (Fsp3) is 0.400. The van der Waals surface area contributed by atoms with Gasteiger partial charge in [0.25, 0.3) is 0 Å². The van der Waals surface area contributed by atoms with Crippen molar-refractivity contribution in [2.75, 3.05) is 0 Å². The summed E-state index contributed by atoms with van der Waals surface area (Å²) in [5.41, 5.74) is 5.68. The van der Waals surface area contributed by atoms with Crippen LogP contribution in [0.3, 0.4) is 0 Å². The van der Waals surface area contributed by atoms with Gasteiger partial charge in [-0.15, -0.1) is 0 Å². The minimum absolute atomic E-state index is 0.373. The maximum absolute atomic E-state index is 10.7. The zero-order valence-electron chi connectivity index (χ0n) is 7.86. The maximum atomic E-state index is 10.7. The first-order valence-corrected chi connectivity index (χ1v) is 4.53. The second kappa shape index (κ2) is 4.60. The molecule has 0 aliphatic rings. The van der Waals surface area contributed by atoms with Crippen LogP contribution in [-0.2, 0) is 6.54 Å². The monoisotopic (exact) mass is 179 g/mol. The molecular formula is C10H15N2O+. The van der Waals surface area contributed by atoms with E-state index >= 15 is 0 Å². The van der Waals surface area contributed by atoms with Gasteiger partial charge in [0.05, 0.1) is 5.56 Å². The first-order chi connectivity index (χ1) is 6.24. The van der Waals surface area contributed by atoms with Crippen molar-refractivity contribution in [2.24, 2.45) is 5.73 Å². The third-order valence-electron chi connectivity index (χ3n) is 1.95. The van der Waals surface area contributed by atoms with E-state index in [1.807, 2.05) is 12.4 Å². The van der Waals surface area contributed by atoms with Crippen LogP contribution < -0.4 is 10.3 Å². The summed E-state index contributed by atoms with van der Waals surface area (Å²) in [6.07, 6.45) is 6.09. The van der Waals surface area contributed by atoms with Gasteiger partial charge in [-0.25, -0.2) is 4.57 Å². The zero-order chi connectivity index (χ0) is 9.68.